The van der Waals surface area contributed by atoms with Crippen molar-refractivity contribution in [2.24, 2.45) is 11.7 Å². The summed E-state index contributed by atoms with van der Waals surface area (Å²) in [6.07, 6.45) is 11.1. The number of carbonyl (C=O) groups excluding carboxylic acids is 2. The summed E-state index contributed by atoms with van der Waals surface area (Å²) in [5.41, 5.74) is 5.48. The first kappa shape index (κ1) is 21.2. The maximum Gasteiger partial charge on any atom is 0.167 e. The number of hydrogen-bond donors (Lipinski definition) is 2. The van der Waals surface area contributed by atoms with Crippen molar-refractivity contribution >= 4 is 22.5 Å². The minimum atomic E-state index is -0.175. The Morgan fingerprint density at radius 1 is 1.32 bits per heavy atom. The van der Waals surface area contributed by atoms with E-state index < -0.39 is 0 Å². The van der Waals surface area contributed by atoms with Gasteiger partial charge in [0, 0.05) is 18.8 Å². The van der Waals surface area contributed by atoms with E-state index in [0.717, 1.165) is 37.2 Å². The Morgan fingerprint density at radius 2 is 2.00 bits per heavy atom. The van der Waals surface area contributed by atoms with Gasteiger partial charge in [0.25, 0.3) is 0 Å². The molecule has 0 saturated heterocycles. The van der Waals surface area contributed by atoms with Crippen LogP contribution in [0.1, 0.15) is 39.0 Å². The molecule has 3 N–H and O–H groups in total. The number of ketones is 2. The molecular formula is C17H31N2O2S+. The summed E-state index contributed by atoms with van der Waals surface area (Å²) in [6.45, 7) is 2.23. The highest BCUT2D eigenvalue weighted by atomic mass is 32.2. The van der Waals surface area contributed by atoms with Gasteiger partial charge >= 0.3 is 0 Å². The fraction of sp³-hybridized carbons (Fsp3) is 0.765. The third-order valence-electron chi connectivity index (χ3n) is 3.85. The molecule has 0 bridgehead atoms. The summed E-state index contributed by atoms with van der Waals surface area (Å²) in [6, 6.07) is -0.168. The number of unbranched alkanes of at least 4 members (excludes halogenated alkanes) is 1. The molecule has 22 heavy (non-hydrogen) atoms. The number of hydrogen-bond acceptors (Lipinski definition) is 4. The Balaban J connectivity index is 4.43. The Labute approximate surface area is 138 Å². The van der Waals surface area contributed by atoms with Crippen LogP contribution in [0.3, 0.4) is 0 Å². The van der Waals surface area contributed by atoms with Crippen LogP contribution in [-0.2, 0) is 20.5 Å². The molecule has 0 fully saturated rings. The normalized spacial score (nSPS) is 14.9. The predicted octanol–water partition coefficient (Wildman–Crippen LogP) is 1.14. The molecule has 0 aromatic rings. The summed E-state index contributed by atoms with van der Waals surface area (Å²) in [4.78, 5) is 24.2. The van der Waals surface area contributed by atoms with Gasteiger partial charge in [-0.2, -0.15) is 0 Å². The Bertz CT molecular complexity index is 379. The van der Waals surface area contributed by atoms with Crippen LogP contribution in [0.4, 0.5) is 0 Å². The second-order valence-electron chi connectivity index (χ2n) is 5.73. The highest BCUT2D eigenvalue weighted by Crippen LogP contribution is 2.15. The van der Waals surface area contributed by atoms with Crippen molar-refractivity contribution < 1.29 is 9.59 Å². The zero-order chi connectivity index (χ0) is 17.0. The van der Waals surface area contributed by atoms with Crippen LogP contribution >= 0.6 is 0 Å². The average Bonchev–Trinajstić information content (AvgIpc) is 2.47. The largest absolute Gasteiger partial charge is 0.330 e. The summed E-state index contributed by atoms with van der Waals surface area (Å²) in [5.74, 6) is 4.38. The number of Topliss-reactive ketones (excluding diaryl/α,β-unsaturated/α-hetero) is 2. The Kier molecular flexibility index (Phi) is 12.2. The Morgan fingerprint density at radius 3 is 2.50 bits per heavy atom. The van der Waals surface area contributed by atoms with E-state index in [2.05, 4.69) is 17.5 Å². The first-order valence-electron chi connectivity index (χ1n) is 7.89. The molecule has 0 heterocycles. The first-order valence-corrected chi connectivity index (χ1v) is 9.86. The summed E-state index contributed by atoms with van der Waals surface area (Å²) >= 11 is 0. The minimum absolute atomic E-state index is 0.0999. The zero-order valence-electron chi connectivity index (χ0n) is 14.2. The molecule has 0 aliphatic rings. The van der Waals surface area contributed by atoms with E-state index in [1.54, 1.807) is 14.0 Å². The van der Waals surface area contributed by atoms with Gasteiger partial charge in [0.1, 0.15) is 17.3 Å². The van der Waals surface area contributed by atoms with Gasteiger partial charge in [-0.1, -0.05) is 12.3 Å². The molecule has 1 unspecified atom stereocenters. The molecule has 0 aliphatic carbocycles. The van der Waals surface area contributed by atoms with Crippen molar-refractivity contribution in [1.82, 2.24) is 5.32 Å². The van der Waals surface area contributed by atoms with Gasteiger partial charge in [-0.25, -0.2) is 0 Å². The molecule has 0 aromatic carbocycles. The number of carbonyl (C=O) groups is 2. The lowest BCUT2D eigenvalue weighted by atomic mass is 9.91. The zero-order valence-corrected chi connectivity index (χ0v) is 15.0. The second-order valence-corrected chi connectivity index (χ2v) is 7.99. The van der Waals surface area contributed by atoms with E-state index in [0.29, 0.717) is 13.0 Å². The van der Waals surface area contributed by atoms with Gasteiger partial charge in [-0.3, -0.25) is 9.59 Å². The van der Waals surface area contributed by atoms with Crippen LogP contribution in [0, 0.1) is 18.3 Å². The molecule has 0 aromatic heterocycles. The molecule has 4 nitrogen and oxygen atoms in total. The van der Waals surface area contributed by atoms with Crippen molar-refractivity contribution in [1.29, 1.82) is 0 Å². The highest BCUT2D eigenvalue weighted by molar-refractivity contribution is 7.96. The number of likely N-dealkylation sites (N-methyl/N-ethyl adjacent to an activating group) is 1. The second kappa shape index (κ2) is 12.7. The molecule has 0 aliphatic heterocycles. The fourth-order valence-corrected chi connectivity index (χ4v) is 3.47. The smallest absolute Gasteiger partial charge is 0.167 e. The molecule has 0 spiro atoms. The maximum atomic E-state index is 12.4. The molecule has 3 atom stereocenters. The first-order chi connectivity index (χ1) is 10.5. The van der Waals surface area contributed by atoms with Gasteiger partial charge in [0.2, 0.25) is 0 Å². The van der Waals surface area contributed by atoms with Crippen LogP contribution in [0.25, 0.3) is 0 Å². The third-order valence-corrected chi connectivity index (χ3v) is 5.44. The van der Waals surface area contributed by atoms with Crippen LogP contribution in [-0.4, -0.2) is 49.0 Å². The number of nitrogens with two attached hydrogens (primary N) is 1. The van der Waals surface area contributed by atoms with Gasteiger partial charge < -0.3 is 11.1 Å². The fourth-order valence-electron chi connectivity index (χ4n) is 2.35. The maximum absolute atomic E-state index is 12.4. The molecule has 126 valence electrons. The molecular weight excluding hydrogens is 296 g/mol. The van der Waals surface area contributed by atoms with Crippen LogP contribution in [0.2, 0.25) is 0 Å². The predicted molar refractivity (Wildman–Crippen MR) is 96.0 cm³/mol. The van der Waals surface area contributed by atoms with E-state index in [9.17, 15) is 9.59 Å². The number of rotatable bonds is 13. The summed E-state index contributed by atoms with van der Waals surface area (Å²) in [5, 5.41) is 3.06. The topological polar surface area (TPSA) is 72.2 Å². The molecule has 0 amide bonds. The molecule has 0 saturated carbocycles. The van der Waals surface area contributed by atoms with Crippen LogP contribution < -0.4 is 11.1 Å². The number of terminal acetylenes is 1. The van der Waals surface area contributed by atoms with Crippen LogP contribution in [0.5, 0.6) is 0 Å². The van der Waals surface area contributed by atoms with E-state index in [1.165, 1.54) is 0 Å². The monoisotopic (exact) mass is 327 g/mol. The van der Waals surface area contributed by atoms with Crippen molar-refractivity contribution in [3.8, 4) is 12.3 Å². The van der Waals surface area contributed by atoms with Gasteiger partial charge in [-0.05, 0) is 44.3 Å². The van der Waals surface area contributed by atoms with Crippen molar-refractivity contribution in [3.05, 3.63) is 0 Å². The van der Waals surface area contributed by atoms with Gasteiger partial charge in [0.05, 0.1) is 12.3 Å². The lowest BCUT2D eigenvalue weighted by molar-refractivity contribution is -0.127. The lowest BCUT2D eigenvalue weighted by Crippen LogP contribution is -2.36. The SMILES string of the molecule is C#CC[S+](C)CC[C@H](CC(=O)[C@H](CCCCN)NC)C(C)=O. The minimum Gasteiger partial charge on any atom is -0.330 e. The molecule has 5 heteroatoms. The van der Waals surface area contributed by atoms with E-state index >= 15 is 0 Å². The van der Waals surface area contributed by atoms with Crippen LogP contribution in [0.15, 0.2) is 0 Å². The van der Waals surface area contributed by atoms with Gasteiger partial charge in [0.15, 0.2) is 5.75 Å². The quantitative estimate of drug-likeness (QED) is 0.302. The highest BCUT2D eigenvalue weighted by Gasteiger charge is 2.25. The summed E-state index contributed by atoms with van der Waals surface area (Å²) < 4.78 is 0. The summed E-state index contributed by atoms with van der Waals surface area (Å²) in [7, 11) is 1.93. The van der Waals surface area contributed by atoms with E-state index in [-0.39, 0.29) is 34.4 Å². The average molecular weight is 328 g/mol. The molecule has 0 radical (unpaired) electrons. The van der Waals surface area contributed by atoms with E-state index in [4.69, 9.17) is 12.2 Å². The van der Waals surface area contributed by atoms with Gasteiger partial charge in [-0.15, -0.1) is 6.42 Å². The Hall–Kier alpha value is -0.830. The van der Waals surface area contributed by atoms with Crippen molar-refractivity contribution in [2.75, 3.05) is 31.4 Å². The van der Waals surface area contributed by atoms with E-state index in [1.807, 2.05) is 0 Å². The third kappa shape index (κ3) is 9.24. The van der Waals surface area contributed by atoms with Crippen molar-refractivity contribution in [2.45, 2.75) is 45.1 Å². The lowest BCUT2D eigenvalue weighted by Gasteiger charge is -2.18. The number of nitrogens with one attached hydrogen (secondary N) is 1. The standard InChI is InChI=1S/C17H31N2O2S/c1-5-11-22(4)12-9-15(14(2)20)13-17(21)16(19-3)8-6-7-10-18/h1,15-16,19H,6-13,18H2,2-4H3/q+1/t15-,16+,22?/m1/s1. The molecule has 0 rings (SSSR count). The van der Waals surface area contributed by atoms with Crippen molar-refractivity contribution in [3.63, 3.8) is 0 Å².